The van der Waals surface area contributed by atoms with Gasteiger partial charge < -0.3 is 16.2 Å². The Hall–Kier alpha value is -2.47. The molecule has 1 aromatic heterocycles. The van der Waals surface area contributed by atoms with Crippen molar-refractivity contribution in [2.45, 2.75) is 31.7 Å². The molecule has 0 saturated carbocycles. The number of ether oxygens (including phenoxy) is 1. The fourth-order valence-electron chi connectivity index (χ4n) is 4.04. The number of aryl methyl sites for hydroxylation is 1. The van der Waals surface area contributed by atoms with Crippen molar-refractivity contribution < 1.29 is 4.74 Å². The first-order valence-corrected chi connectivity index (χ1v) is 8.35. The summed E-state index contributed by atoms with van der Waals surface area (Å²) in [7, 11) is 0. The van der Waals surface area contributed by atoms with Crippen LogP contribution in [-0.2, 0) is 12.0 Å². The molecular formula is C18H23N5O. The molecule has 0 atom stereocenters. The van der Waals surface area contributed by atoms with E-state index in [-0.39, 0.29) is 5.41 Å². The Morgan fingerprint density at radius 1 is 1.21 bits per heavy atom. The van der Waals surface area contributed by atoms with E-state index in [0.29, 0.717) is 17.5 Å². The lowest BCUT2D eigenvalue weighted by molar-refractivity contribution is 0.158. The number of nitrogens with two attached hydrogens (primary N) is 2. The van der Waals surface area contributed by atoms with Gasteiger partial charge in [-0.1, -0.05) is 30.3 Å². The quantitative estimate of drug-likeness (QED) is 0.782. The van der Waals surface area contributed by atoms with Gasteiger partial charge in [-0.05, 0) is 38.4 Å². The van der Waals surface area contributed by atoms with Crippen LogP contribution in [0.2, 0.25) is 0 Å². The number of rotatable bonds is 2. The van der Waals surface area contributed by atoms with Gasteiger partial charge in [0.25, 0.3) is 0 Å². The van der Waals surface area contributed by atoms with E-state index in [1.54, 1.807) is 0 Å². The van der Waals surface area contributed by atoms with Gasteiger partial charge in [0.05, 0.1) is 11.4 Å². The summed E-state index contributed by atoms with van der Waals surface area (Å²) in [6.07, 6.45) is 1.84. The second-order valence-electron chi connectivity index (χ2n) is 6.74. The average molecular weight is 325 g/mol. The predicted octanol–water partition coefficient (Wildman–Crippen LogP) is 1.73. The molecule has 2 aromatic rings. The fourth-order valence-corrected chi connectivity index (χ4v) is 4.04. The lowest BCUT2D eigenvalue weighted by Gasteiger charge is -2.44. The van der Waals surface area contributed by atoms with Gasteiger partial charge in [0.2, 0.25) is 11.8 Å². The van der Waals surface area contributed by atoms with Gasteiger partial charge in [-0.25, -0.2) is 5.10 Å². The zero-order valence-electron chi connectivity index (χ0n) is 13.9. The Balaban J connectivity index is 1.58. The molecule has 0 radical (unpaired) electrons. The molecule has 0 bridgehead atoms. The molecule has 1 fully saturated rings. The van der Waals surface area contributed by atoms with E-state index in [1.807, 2.05) is 13.0 Å². The van der Waals surface area contributed by atoms with Gasteiger partial charge in [0, 0.05) is 17.5 Å². The molecule has 6 nitrogen and oxygen atoms in total. The summed E-state index contributed by atoms with van der Waals surface area (Å²) >= 11 is 0. The summed E-state index contributed by atoms with van der Waals surface area (Å²) in [6.45, 7) is 4.88. The number of H-pyrrole nitrogens is 1. The second-order valence-corrected chi connectivity index (χ2v) is 6.74. The van der Waals surface area contributed by atoms with E-state index < -0.39 is 0 Å². The maximum Gasteiger partial charge on any atom is 0.221 e. The lowest BCUT2D eigenvalue weighted by atomic mass is 9.69. The number of nitrogens with one attached hydrogen (secondary N) is 1. The summed E-state index contributed by atoms with van der Waals surface area (Å²) in [5.41, 5.74) is 16.2. The molecule has 5 N–H and O–H groups in total. The van der Waals surface area contributed by atoms with Crippen molar-refractivity contribution in [1.82, 2.24) is 15.1 Å². The first-order valence-electron chi connectivity index (χ1n) is 8.35. The molecule has 1 spiro atoms. The minimum absolute atomic E-state index is 0.262. The predicted molar refractivity (Wildman–Crippen MR) is 92.0 cm³/mol. The van der Waals surface area contributed by atoms with Crippen LogP contribution in [0.1, 0.15) is 29.7 Å². The molecule has 0 amide bonds. The summed E-state index contributed by atoms with van der Waals surface area (Å²) in [4.78, 5) is 2.47. The Bertz CT molecular complexity index is 772. The highest BCUT2D eigenvalue weighted by Crippen LogP contribution is 2.48. The Labute approximate surface area is 141 Å². The van der Waals surface area contributed by atoms with Crippen molar-refractivity contribution in [3.8, 4) is 5.88 Å². The number of likely N-dealkylation sites (tertiary alicyclic amines) is 1. The van der Waals surface area contributed by atoms with Crippen LogP contribution in [0.3, 0.4) is 0 Å². The van der Waals surface area contributed by atoms with Crippen molar-refractivity contribution in [3.05, 3.63) is 58.7 Å². The van der Waals surface area contributed by atoms with Crippen molar-refractivity contribution in [2.24, 2.45) is 11.5 Å². The number of piperidine rings is 1. The average Bonchev–Trinajstić information content (AvgIpc) is 2.97. The monoisotopic (exact) mass is 325 g/mol. The number of fused-ring (bicyclic) bond motifs is 2. The standard InChI is InChI=1S/C18H23N5O/c1-12-14-17(22-21-12)24-16(20)15(19)18(14)7-9-23(10-8-18)11-13-5-3-2-4-6-13/h2-6H,7-11,19-20H2,1H3,(H,21,22). The smallest absolute Gasteiger partial charge is 0.221 e. The molecule has 1 saturated heterocycles. The Kier molecular flexibility index (Phi) is 3.49. The third-order valence-corrected chi connectivity index (χ3v) is 5.34. The molecule has 4 rings (SSSR count). The van der Waals surface area contributed by atoms with Crippen molar-refractivity contribution >= 4 is 0 Å². The molecule has 24 heavy (non-hydrogen) atoms. The van der Waals surface area contributed by atoms with Gasteiger partial charge in [-0.15, -0.1) is 0 Å². The summed E-state index contributed by atoms with van der Waals surface area (Å²) in [5.74, 6) is 0.957. The number of allylic oxidation sites excluding steroid dienone is 1. The molecule has 0 aliphatic carbocycles. The van der Waals surface area contributed by atoms with Crippen LogP contribution < -0.4 is 16.2 Å². The first kappa shape index (κ1) is 15.1. The zero-order valence-corrected chi connectivity index (χ0v) is 13.9. The van der Waals surface area contributed by atoms with E-state index >= 15 is 0 Å². The summed E-state index contributed by atoms with van der Waals surface area (Å²) in [5, 5.41) is 7.25. The van der Waals surface area contributed by atoms with E-state index in [0.717, 1.165) is 43.7 Å². The normalized spacial score (nSPS) is 20.0. The minimum Gasteiger partial charge on any atom is -0.422 e. The molecule has 6 heteroatoms. The van der Waals surface area contributed by atoms with Crippen LogP contribution in [0.25, 0.3) is 0 Å². The van der Waals surface area contributed by atoms with Gasteiger partial charge in [-0.2, -0.15) is 5.10 Å². The highest BCUT2D eigenvalue weighted by molar-refractivity contribution is 5.49. The first-order chi connectivity index (χ1) is 11.6. The molecule has 2 aliphatic heterocycles. The van der Waals surface area contributed by atoms with E-state index in [4.69, 9.17) is 16.2 Å². The third-order valence-electron chi connectivity index (χ3n) is 5.34. The van der Waals surface area contributed by atoms with E-state index in [1.165, 1.54) is 5.56 Å². The molecule has 2 aliphatic rings. The fraction of sp³-hybridized carbons (Fsp3) is 0.389. The number of hydrogen-bond acceptors (Lipinski definition) is 5. The van der Waals surface area contributed by atoms with Crippen LogP contribution in [0, 0.1) is 6.92 Å². The Morgan fingerprint density at radius 2 is 1.92 bits per heavy atom. The number of hydrogen-bond donors (Lipinski definition) is 3. The molecule has 3 heterocycles. The van der Waals surface area contributed by atoms with E-state index in [2.05, 4.69) is 39.4 Å². The molecular weight excluding hydrogens is 302 g/mol. The van der Waals surface area contributed by atoms with Crippen LogP contribution in [-0.4, -0.2) is 28.2 Å². The highest BCUT2D eigenvalue weighted by Gasteiger charge is 2.47. The van der Waals surface area contributed by atoms with Crippen LogP contribution >= 0.6 is 0 Å². The number of benzene rings is 1. The molecule has 1 aromatic carbocycles. The van der Waals surface area contributed by atoms with Gasteiger partial charge in [0.15, 0.2) is 0 Å². The van der Waals surface area contributed by atoms with Crippen molar-refractivity contribution in [3.63, 3.8) is 0 Å². The van der Waals surface area contributed by atoms with E-state index in [9.17, 15) is 0 Å². The van der Waals surface area contributed by atoms with Crippen LogP contribution in [0.4, 0.5) is 0 Å². The molecule has 126 valence electrons. The SMILES string of the molecule is Cc1n[nH]c2c1C1(CCN(Cc3ccccc3)CC1)C(N)=C(N)O2. The topological polar surface area (TPSA) is 93.2 Å². The Morgan fingerprint density at radius 3 is 2.62 bits per heavy atom. The van der Waals surface area contributed by atoms with Crippen LogP contribution in [0.15, 0.2) is 41.9 Å². The number of nitrogens with zero attached hydrogens (tertiary/aromatic N) is 2. The summed E-state index contributed by atoms with van der Waals surface area (Å²) in [6, 6.07) is 10.6. The van der Waals surface area contributed by atoms with Gasteiger partial charge in [-0.3, -0.25) is 4.90 Å². The third kappa shape index (κ3) is 2.26. The maximum atomic E-state index is 6.40. The lowest BCUT2D eigenvalue weighted by Crippen LogP contribution is -2.48. The van der Waals surface area contributed by atoms with Crippen molar-refractivity contribution in [1.29, 1.82) is 0 Å². The zero-order chi connectivity index (χ0) is 16.7. The van der Waals surface area contributed by atoms with Crippen LogP contribution in [0.5, 0.6) is 5.88 Å². The van der Waals surface area contributed by atoms with Gasteiger partial charge in [0.1, 0.15) is 0 Å². The second kappa shape index (κ2) is 5.56. The number of aromatic nitrogens is 2. The summed E-state index contributed by atoms with van der Waals surface area (Å²) < 4.78 is 5.62. The van der Waals surface area contributed by atoms with Crippen molar-refractivity contribution in [2.75, 3.05) is 13.1 Å². The number of aromatic amines is 1. The molecule has 0 unspecified atom stereocenters. The minimum atomic E-state index is -0.262. The highest BCUT2D eigenvalue weighted by atomic mass is 16.5. The largest absolute Gasteiger partial charge is 0.422 e. The van der Waals surface area contributed by atoms with Gasteiger partial charge >= 0.3 is 0 Å². The maximum absolute atomic E-state index is 6.40.